The molecule has 0 radical (unpaired) electrons. The summed E-state index contributed by atoms with van der Waals surface area (Å²) in [7, 11) is 0. The highest BCUT2D eigenvalue weighted by molar-refractivity contribution is 5.70. The van der Waals surface area contributed by atoms with Gasteiger partial charge in [0, 0.05) is 12.1 Å². The summed E-state index contributed by atoms with van der Waals surface area (Å²) < 4.78 is 42.0. The van der Waals surface area contributed by atoms with Gasteiger partial charge in [-0.1, -0.05) is 0 Å². The predicted octanol–water partition coefficient (Wildman–Crippen LogP) is 2.86. The third-order valence-electron chi connectivity index (χ3n) is 2.15. The van der Waals surface area contributed by atoms with Crippen LogP contribution in [0.3, 0.4) is 0 Å². The molecule has 0 aromatic heterocycles. The molecule has 0 spiro atoms. The van der Waals surface area contributed by atoms with Gasteiger partial charge in [-0.25, -0.2) is 0 Å². The Balaban J connectivity index is 2.63. The number of alkyl halides is 3. The summed E-state index contributed by atoms with van der Waals surface area (Å²) in [5.41, 5.74) is 6.58. The standard InChI is InChI=1S/C10H8F3NO/c11-10(12,13)9-8-4-6(5-14)3-7(8)1-2-15-9/h1-4H,5,14H2. The molecule has 80 valence electrons. The Hall–Kier alpha value is -1.49. The molecule has 2 aliphatic rings. The molecule has 0 atom stereocenters. The molecule has 1 aliphatic heterocycles. The van der Waals surface area contributed by atoms with E-state index in [-0.39, 0.29) is 12.1 Å². The highest BCUT2D eigenvalue weighted by atomic mass is 19.4. The molecule has 0 aromatic carbocycles. The molecule has 5 heteroatoms. The first-order chi connectivity index (χ1) is 7.02. The molecular weight excluding hydrogens is 207 g/mol. The summed E-state index contributed by atoms with van der Waals surface area (Å²) >= 11 is 0. The fourth-order valence-electron chi connectivity index (χ4n) is 1.50. The summed E-state index contributed by atoms with van der Waals surface area (Å²) in [6.45, 7) is 0.214. The topological polar surface area (TPSA) is 39.2 Å². The Morgan fingerprint density at radius 2 is 2.00 bits per heavy atom. The second-order valence-corrected chi connectivity index (χ2v) is 3.18. The summed E-state index contributed by atoms with van der Waals surface area (Å²) in [6, 6.07) is 4.52. The molecule has 0 saturated heterocycles. The number of halogens is 3. The predicted molar refractivity (Wildman–Crippen MR) is 48.2 cm³/mol. The maximum atomic E-state index is 12.5. The van der Waals surface area contributed by atoms with Gasteiger partial charge in [0.05, 0.1) is 6.26 Å². The number of rotatable bonds is 1. The molecule has 15 heavy (non-hydrogen) atoms. The molecule has 0 saturated carbocycles. The van der Waals surface area contributed by atoms with Gasteiger partial charge in [0.1, 0.15) is 0 Å². The molecule has 2 rings (SSSR count). The lowest BCUT2D eigenvalue weighted by atomic mass is 10.1. The normalized spacial score (nSPS) is 12.3. The van der Waals surface area contributed by atoms with E-state index in [9.17, 15) is 13.2 Å². The van der Waals surface area contributed by atoms with E-state index < -0.39 is 11.9 Å². The molecule has 2 nitrogen and oxygen atoms in total. The first-order valence-corrected chi connectivity index (χ1v) is 4.30. The molecule has 0 fully saturated rings. The number of hydrogen-bond acceptors (Lipinski definition) is 2. The van der Waals surface area contributed by atoms with E-state index in [1.165, 1.54) is 12.1 Å². The van der Waals surface area contributed by atoms with Crippen LogP contribution >= 0.6 is 0 Å². The summed E-state index contributed by atoms with van der Waals surface area (Å²) in [6.07, 6.45) is -3.44. The third kappa shape index (κ3) is 1.70. The van der Waals surface area contributed by atoms with Crippen molar-refractivity contribution in [3.8, 4) is 11.1 Å². The molecule has 0 bridgehead atoms. The van der Waals surface area contributed by atoms with Crippen molar-refractivity contribution < 1.29 is 17.6 Å². The Morgan fingerprint density at radius 3 is 2.60 bits per heavy atom. The molecule has 1 aliphatic carbocycles. The van der Waals surface area contributed by atoms with E-state index in [4.69, 9.17) is 5.73 Å². The van der Waals surface area contributed by atoms with Gasteiger partial charge >= 0.3 is 6.18 Å². The molecule has 1 heterocycles. The van der Waals surface area contributed by atoms with Crippen LogP contribution in [0.4, 0.5) is 13.2 Å². The van der Waals surface area contributed by atoms with E-state index in [0.29, 0.717) is 11.1 Å². The van der Waals surface area contributed by atoms with Crippen LogP contribution in [0.25, 0.3) is 11.1 Å². The van der Waals surface area contributed by atoms with Crippen molar-refractivity contribution in [3.63, 3.8) is 0 Å². The van der Waals surface area contributed by atoms with Crippen LogP contribution in [0.1, 0.15) is 11.3 Å². The second kappa shape index (κ2) is 3.27. The highest BCUT2D eigenvalue weighted by Gasteiger charge is 2.37. The Labute approximate surface area is 83.8 Å². The average Bonchev–Trinajstić information content (AvgIpc) is 2.57. The van der Waals surface area contributed by atoms with Crippen LogP contribution in [-0.4, -0.2) is 0 Å². The number of nitrogens with two attached hydrogens (primary N) is 1. The Morgan fingerprint density at radius 1 is 1.27 bits per heavy atom. The lowest BCUT2D eigenvalue weighted by Gasteiger charge is -2.09. The van der Waals surface area contributed by atoms with Gasteiger partial charge in [-0.15, -0.1) is 0 Å². The highest BCUT2D eigenvalue weighted by Crippen LogP contribution is 2.39. The Kier molecular flexibility index (Phi) is 2.19. The van der Waals surface area contributed by atoms with Gasteiger partial charge < -0.3 is 10.2 Å². The van der Waals surface area contributed by atoms with E-state index >= 15 is 0 Å². The SMILES string of the molecule is NCc1cc2ccoc(C(F)(F)F)c-2c1. The van der Waals surface area contributed by atoms with E-state index in [2.05, 4.69) is 4.42 Å². The summed E-state index contributed by atoms with van der Waals surface area (Å²) in [5, 5.41) is 0. The van der Waals surface area contributed by atoms with Crippen LogP contribution in [0.2, 0.25) is 0 Å². The third-order valence-corrected chi connectivity index (χ3v) is 2.15. The lowest BCUT2D eigenvalue weighted by Crippen LogP contribution is -2.06. The first kappa shape index (κ1) is 10.0. The molecular formula is C10H8F3NO. The van der Waals surface area contributed by atoms with Gasteiger partial charge in [0.15, 0.2) is 0 Å². The van der Waals surface area contributed by atoms with Crippen LogP contribution in [0.15, 0.2) is 28.9 Å². The second-order valence-electron chi connectivity index (χ2n) is 3.18. The minimum atomic E-state index is -4.47. The first-order valence-electron chi connectivity index (χ1n) is 4.30. The molecule has 0 amide bonds. The van der Waals surface area contributed by atoms with Crippen molar-refractivity contribution in [1.82, 2.24) is 0 Å². The maximum absolute atomic E-state index is 12.5. The fourth-order valence-corrected chi connectivity index (χ4v) is 1.50. The number of fused-ring (bicyclic) bond motifs is 1. The Bertz CT molecular complexity index is 447. The van der Waals surface area contributed by atoms with Crippen molar-refractivity contribution in [3.05, 3.63) is 35.8 Å². The smallest absolute Gasteiger partial charge is 0.450 e. The van der Waals surface area contributed by atoms with E-state index in [1.807, 2.05) is 0 Å². The van der Waals surface area contributed by atoms with Crippen LogP contribution < -0.4 is 5.73 Å². The minimum absolute atomic E-state index is 0.0606. The fraction of sp³-hybridized carbons (Fsp3) is 0.200. The van der Waals surface area contributed by atoms with Crippen LogP contribution in [0.5, 0.6) is 0 Å². The maximum Gasteiger partial charge on any atom is 0.450 e. The van der Waals surface area contributed by atoms with Crippen molar-refractivity contribution in [2.45, 2.75) is 12.7 Å². The monoisotopic (exact) mass is 215 g/mol. The molecule has 0 aromatic rings. The van der Waals surface area contributed by atoms with Crippen molar-refractivity contribution in [2.75, 3.05) is 0 Å². The largest absolute Gasteiger partial charge is 0.459 e. The van der Waals surface area contributed by atoms with Crippen molar-refractivity contribution >= 4 is 0 Å². The molecule has 2 N–H and O–H groups in total. The number of hydrogen-bond donors (Lipinski definition) is 1. The zero-order valence-electron chi connectivity index (χ0n) is 7.64. The van der Waals surface area contributed by atoms with Crippen LogP contribution in [0, 0.1) is 0 Å². The summed E-state index contributed by atoms with van der Waals surface area (Å²) in [5.74, 6) is -0.973. The van der Waals surface area contributed by atoms with Crippen molar-refractivity contribution in [2.24, 2.45) is 5.73 Å². The van der Waals surface area contributed by atoms with E-state index in [1.54, 1.807) is 6.07 Å². The zero-order valence-corrected chi connectivity index (χ0v) is 7.64. The summed E-state index contributed by atoms with van der Waals surface area (Å²) in [4.78, 5) is 0. The van der Waals surface area contributed by atoms with Gasteiger partial charge in [0.2, 0.25) is 5.76 Å². The quantitative estimate of drug-likeness (QED) is 0.794. The van der Waals surface area contributed by atoms with Gasteiger partial charge in [-0.05, 0) is 29.3 Å². The van der Waals surface area contributed by atoms with Gasteiger partial charge in [-0.3, -0.25) is 0 Å². The van der Waals surface area contributed by atoms with E-state index in [0.717, 1.165) is 6.26 Å². The van der Waals surface area contributed by atoms with Crippen molar-refractivity contribution in [1.29, 1.82) is 0 Å². The van der Waals surface area contributed by atoms with Gasteiger partial charge in [-0.2, -0.15) is 13.2 Å². The van der Waals surface area contributed by atoms with Gasteiger partial charge in [0.25, 0.3) is 0 Å². The average molecular weight is 215 g/mol. The lowest BCUT2D eigenvalue weighted by molar-refractivity contribution is -0.153. The van der Waals surface area contributed by atoms with Crippen LogP contribution in [-0.2, 0) is 12.7 Å². The zero-order chi connectivity index (χ0) is 11.1. The molecule has 0 unspecified atom stereocenters. The minimum Gasteiger partial charge on any atom is -0.459 e.